The van der Waals surface area contributed by atoms with Crippen molar-refractivity contribution < 1.29 is 14.3 Å². The van der Waals surface area contributed by atoms with E-state index >= 15 is 0 Å². The number of hydrogen-bond acceptors (Lipinski definition) is 4. The zero-order valence-electron chi connectivity index (χ0n) is 13.8. The van der Waals surface area contributed by atoms with Gasteiger partial charge in [-0.05, 0) is 50.0 Å². The number of amides is 1. The van der Waals surface area contributed by atoms with Gasteiger partial charge in [-0.25, -0.2) is 0 Å². The molecular formula is C18H26N2O3. The van der Waals surface area contributed by atoms with Crippen molar-refractivity contribution in [3.05, 3.63) is 23.8 Å². The average Bonchev–Trinajstić information content (AvgIpc) is 3.07. The SMILES string of the molecule is CCC(=O)NC(Cc1ccc2c(c1)OCCO2)CN1CCCC1. The summed E-state index contributed by atoms with van der Waals surface area (Å²) >= 11 is 0. The molecule has 1 fully saturated rings. The maximum atomic E-state index is 11.8. The van der Waals surface area contributed by atoms with E-state index in [1.165, 1.54) is 18.4 Å². The van der Waals surface area contributed by atoms with E-state index in [0.717, 1.165) is 37.6 Å². The molecule has 1 N–H and O–H groups in total. The molecule has 2 aliphatic rings. The van der Waals surface area contributed by atoms with Gasteiger partial charge in [0.05, 0.1) is 0 Å². The largest absolute Gasteiger partial charge is 0.486 e. The molecule has 23 heavy (non-hydrogen) atoms. The zero-order valence-corrected chi connectivity index (χ0v) is 13.8. The van der Waals surface area contributed by atoms with Crippen LogP contribution in [0, 0.1) is 0 Å². The van der Waals surface area contributed by atoms with Crippen LogP contribution in [0.5, 0.6) is 11.5 Å². The molecule has 5 heteroatoms. The summed E-state index contributed by atoms with van der Waals surface area (Å²) in [5, 5.41) is 3.17. The number of hydrogen-bond donors (Lipinski definition) is 1. The Morgan fingerprint density at radius 3 is 2.70 bits per heavy atom. The van der Waals surface area contributed by atoms with Crippen molar-refractivity contribution in [2.24, 2.45) is 0 Å². The molecule has 5 nitrogen and oxygen atoms in total. The third kappa shape index (κ3) is 4.38. The Hall–Kier alpha value is -1.75. The molecule has 2 aliphatic heterocycles. The smallest absolute Gasteiger partial charge is 0.219 e. The molecule has 0 spiro atoms. The van der Waals surface area contributed by atoms with Gasteiger partial charge in [0.25, 0.3) is 0 Å². The van der Waals surface area contributed by atoms with Crippen molar-refractivity contribution in [1.29, 1.82) is 0 Å². The molecular weight excluding hydrogens is 292 g/mol. The molecule has 0 saturated carbocycles. The second-order valence-electron chi connectivity index (χ2n) is 6.31. The highest BCUT2D eigenvalue weighted by Gasteiger charge is 2.20. The number of carbonyl (C=O) groups excluding carboxylic acids is 1. The Morgan fingerprint density at radius 2 is 1.96 bits per heavy atom. The zero-order chi connectivity index (χ0) is 16.1. The molecule has 1 aromatic rings. The Bertz CT molecular complexity index is 541. The maximum absolute atomic E-state index is 11.8. The van der Waals surface area contributed by atoms with Gasteiger partial charge in [-0.15, -0.1) is 0 Å². The summed E-state index contributed by atoms with van der Waals surface area (Å²) in [6.07, 6.45) is 3.87. The van der Waals surface area contributed by atoms with E-state index in [2.05, 4.69) is 16.3 Å². The van der Waals surface area contributed by atoms with Gasteiger partial charge in [-0.3, -0.25) is 4.79 Å². The molecule has 2 heterocycles. The van der Waals surface area contributed by atoms with Crippen molar-refractivity contribution in [1.82, 2.24) is 10.2 Å². The van der Waals surface area contributed by atoms with Crippen LogP contribution in [0.4, 0.5) is 0 Å². The number of carbonyl (C=O) groups is 1. The highest BCUT2D eigenvalue weighted by Crippen LogP contribution is 2.31. The first kappa shape index (κ1) is 16.1. The number of ether oxygens (including phenoxy) is 2. The fourth-order valence-electron chi connectivity index (χ4n) is 3.27. The molecule has 1 saturated heterocycles. The molecule has 0 aromatic heterocycles. The highest BCUT2D eigenvalue weighted by molar-refractivity contribution is 5.75. The van der Waals surface area contributed by atoms with Crippen LogP contribution in [0.3, 0.4) is 0 Å². The fourth-order valence-corrected chi connectivity index (χ4v) is 3.27. The Kier molecular flexibility index (Phi) is 5.39. The second kappa shape index (κ2) is 7.68. The van der Waals surface area contributed by atoms with E-state index in [1.807, 2.05) is 19.1 Å². The first-order valence-electron chi connectivity index (χ1n) is 8.65. The van der Waals surface area contributed by atoms with Gasteiger partial charge in [0.2, 0.25) is 5.91 Å². The standard InChI is InChI=1S/C18H26N2O3/c1-2-18(21)19-15(13-20-7-3-4-8-20)11-14-5-6-16-17(12-14)23-10-9-22-16/h5-6,12,15H,2-4,7-11,13H2,1H3,(H,19,21). The van der Waals surface area contributed by atoms with Crippen LogP contribution in [0.2, 0.25) is 0 Å². The van der Waals surface area contributed by atoms with Crippen LogP contribution in [0.25, 0.3) is 0 Å². The third-order valence-corrected chi connectivity index (χ3v) is 4.45. The van der Waals surface area contributed by atoms with Crippen LogP contribution in [-0.2, 0) is 11.2 Å². The van der Waals surface area contributed by atoms with E-state index in [1.54, 1.807) is 0 Å². The first-order chi connectivity index (χ1) is 11.2. The topological polar surface area (TPSA) is 50.8 Å². The van der Waals surface area contributed by atoms with Crippen LogP contribution in [-0.4, -0.2) is 49.7 Å². The Balaban J connectivity index is 1.67. The summed E-state index contributed by atoms with van der Waals surface area (Å²) in [5.41, 5.74) is 1.18. The van der Waals surface area contributed by atoms with Crippen molar-refractivity contribution >= 4 is 5.91 Å². The number of benzene rings is 1. The highest BCUT2D eigenvalue weighted by atomic mass is 16.6. The van der Waals surface area contributed by atoms with Crippen LogP contribution in [0.15, 0.2) is 18.2 Å². The molecule has 0 radical (unpaired) electrons. The molecule has 1 unspecified atom stereocenters. The lowest BCUT2D eigenvalue weighted by Gasteiger charge is -2.25. The van der Waals surface area contributed by atoms with Crippen LogP contribution in [0.1, 0.15) is 31.7 Å². The van der Waals surface area contributed by atoms with E-state index in [4.69, 9.17) is 9.47 Å². The van der Waals surface area contributed by atoms with Crippen LogP contribution < -0.4 is 14.8 Å². The van der Waals surface area contributed by atoms with E-state index in [9.17, 15) is 4.79 Å². The fraction of sp³-hybridized carbons (Fsp3) is 0.611. The van der Waals surface area contributed by atoms with Gasteiger partial charge in [0.1, 0.15) is 13.2 Å². The van der Waals surface area contributed by atoms with E-state index in [-0.39, 0.29) is 11.9 Å². The lowest BCUT2D eigenvalue weighted by Crippen LogP contribution is -2.44. The minimum absolute atomic E-state index is 0.117. The average molecular weight is 318 g/mol. The van der Waals surface area contributed by atoms with Crippen molar-refractivity contribution in [3.63, 3.8) is 0 Å². The molecule has 1 amide bonds. The summed E-state index contributed by atoms with van der Waals surface area (Å²) in [5.74, 6) is 1.75. The first-order valence-corrected chi connectivity index (χ1v) is 8.65. The lowest BCUT2D eigenvalue weighted by molar-refractivity contribution is -0.121. The second-order valence-corrected chi connectivity index (χ2v) is 6.31. The van der Waals surface area contributed by atoms with Gasteiger partial charge >= 0.3 is 0 Å². The predicted octanol–water partition coefficient (Wildman–Crippen LogP) is 1.99. The molecule has 126 valence electrons. The van der Waals surface area contributed by atoms with E-state index < -0.39 is 0 Å². The minimum Gasteiger partial charge on any atom is -0.486 e. The van der Waals surface area contributed by atoms with Crippen molar-refractivity contribution in [2.75, 3.05) is 32.8 Å². The summed E-state index contributed by atoms with van der Waals surface area (Å²) in [6.45, 7) is 6.29. The summed E-state index contributed by atoms with van der Waals surface area (Å²) < 4.78 is 11.2. The van der Waals surface area contributed by atoms with Gasteiger partial charge in [0, 0.05) is 19.0 Å². The Morgan fingerprint density at radius 1 is 1.22 bits per heavy atom. The molecule has 1 aromatic carbocycles. The number of fused-ring (bicyclic) bond motifs is 1. The number of nitrogens with one attached hydrogen (secondary N) is 1. The van der Waals surface area contributed by atoms with E-state index in [0.29, 0.717) is 19.6 Å². The lowest BCUT2D eigenvalue weighted by atomic mass is 10.0. The van der Waals surface area contributed by atoms with Gasteiger partial charge in [0.15, 0.2) is 11.5 Å². The Labute approximate surface area is 137 Å². The van der Waals surface area contributed by atoms with Crippen LogP contribution >= 0.6 is 0 Å². The number of nitrogens with zero attached hydrogens (tertiary/aromatic N) is 1. The number of rotatable bonds is 6. The molecule has 1 atom stereocenters. The summed E-state index contributed by atoms with van der Waals surface area (Å²) in [7, 11) is 0. The summed E-state index contributed by atoms with van der Waals surface area (Å²) in [4.78, 5) is 14.3. The summed E-state index contributed by atoms with van der Waals surface area (Å²) in [6, 6.07) is 6.23. The monoisotopic (exact) mass is 318 g/mol. The molecule has 0 bridgehead atoms. The van der Waals surface area contributed by atoms with Gasteiger partial charge in [-0.2, -0.15) is 0 Å². The normalized spacial score (nSPS) is 18.7. The quantitative estimate of drug-likeness (QED) is 0.871. The molecule has 0 aliphatic carbocycles. The third-order valence-electron chi connectivity index (χ3n) is 4.45. The van der Waals surface area contributed by atoms with Gasteiger partial charge < -0.3 is 19.7 Å². The van der Waals surface area contributed by atoms with Crippen molar-refractivity contribution in [2.45, 2.75) is 38.6 Å². The maximum Gasteiger partial charge on any atom is 0.219 e. The predicted molar refractivity (Wildman–Crippen MR) is 89.0 cm³/mol. The number of likely N-dealkylation sites (tertiary alicyclic amines) is 1. The molecule has 3 rings (SSSR count). The van der Waals surface area contributed by atoms with Gasteiger partial charge in [-0.1, -0.05) is 13.0 Å². The minimum atomic E-state index is 0.117. The van der Waals surface area contributed by atoms with Crippen molar-refractivity contribution in [3.8, 4) is 11.5 Å².